The molecule has 0 saturated carbocycles. The van der Waals surface area contributed by atoms with Gasteiger partial charge in [0.25, 0.3) is 0 Å². The van der Waals surface area contributed by atoms with Crippen molar-refractivity contribution in [1.29, 1.82) is 0 Å². The summed E-state index contributed by atoms with van der Waals surface area (Å²) < 4.78 is 1.19. The van der Waals surface area contributed by atoms with Crippen molar-refractivity contribution < 1.29 is 0 Å². The molecule has 5 heteroatoms. The van der Waals surface area contributed by atoms with E-state index in [0.29, 0.717) is 5.02 Å². The Kier molecular flexibility index (Phi) is 4.55. The third kappa shape index (κ3) is 3.45. The van der Waals surface area contributed by atoms with Crippen molar-refractivity contribution in [3.05, 3.63) is 81.7 Å². The van der Waals surface area contributed by atoms with Crippen molar-refractivity contribution in [3.63, 3.8) is 0 Å². The normalized spacial score (nSPS) is 10.8. The highest BCUT2D eigenvalue weighted by atomic mass is 127. The quantitative estimate of drug-likeness (QED) is 0.380. The van der Waals surface area contributed by atoms with E-state index >= 15 is 0 Å². The van der Waals surface area contributed by atoms with E-state index < -0.39 is 0 Å². The number of nitrogens with zero attached hydrogens (tertiary/aromatic N) is 2. The lowest BCUT2D eigenvalue weighted by Crippen LogP contribution is -1.84. The molecule has 4 aromatic rings. The number of nitrogens with one attached hydrogen (secondary N) is 1. The summed E-state index contributed by atoms with van der Waals surface area (Å²) in [6.07, 6.45) is 3.57. The molecular weight excluding hydrogens is 445 g/mol. The van der Waals surface area contributed by atoms with Crippen molar-refractivity contribution in [1.82, 2.24) is 15.0 Å². The molecule has 2 heterocycles. The highest BCUT2D eigenvalue weighted by Gasteiger charge is 2.15. The Hall–Kier alpha value is -2.18. The smallest absolute Gasteiger partial charge is 0.138 e. The third-order valence-corrected chi connectivity index (χ3v) is 4.84. The summed E-state index contributed by atoms with van der Waals surface area (Å²) >= 11 is 8.45. The van der Waals surface area contributed by atoms with Gasteiger partial charge in [-0.3, -0.25) is 4.98 Å². The summed E-state index contributed by atoms with van der Waals surface area (Å²) in [5.74, 6) is 0.794. The molecule has 2 aromatic carbocycles. The number of imidazole rings is 1. The van der Waals surface area contributed by atoms with Gasteiger partial charge in [0.05, 0.1) is 11.4 Å². The van der Waals surface area contributed by atoms with E-state index in [2.05, 4.69) is 56.8 Å². The van der Waals surface area contributed by atoms with Gasteiger partial charge >= 0.3 is 0 Å². The number of hydrogen-bond acceptors (Lipinski definition) is 2. The first-order chi connectivity index (χ1) is 12.2. The van der Waals surface area contributed by atoms with Gasteiger partial charge in [-0.05, 0) is 59.0 Å². The minimum atomic E-state index is 0.690. The molecule has 0 aliphatic carbocycles. The number of aromatic nitrogens is 3. The Bertz CT molecular complexity index is 1010. The molecule has 1 N–H and O–H groups in total. The highest BCUT2D eigenvalue weighted by molar-refractivity contribution is 14.1. The van der Waals surface area contributed by atoms with Crippen LogP contribution in [0.5, 0.6) is 0 Å². The van der Waals surface area contributed by atoms with E-state index in [9.17, 15) is 0 Å². The zero-order valence-electron chi connectivity index (χ0n) is 13.1. The number of hydrogen-bond donors (Lipinski definition) is 1. The summed E-state index contributed by atoms with van der Waals surface area (Å²) in [5, 5.41) is 0.690. The van der Waals surface area contributed by atoms with Crippen LogP contribution in [0.2, 0.25) is 5.02 Å². The lowest BCUT2D eigenvalue weighted by molar-refractivity contribution is 1.30. The van der Waals surface area contributed by atoms with Gasteiger partial charge in [0.2, 0.25) is 0 Å². The molecule has 0 aliphatic heterocycles. The van der Waals surface area contributed by atoms with Crippen LogP contribution in [0.15, 0.2) is 73.1 Å². The molecule has 0 amide bonds. The van der Waals surface area contributed by atoms with Gasteiger partial charge in [-0.25, -0.2) is 4.98 Å². The summed E-state index contributed by atoms with van der Waals surface area (Å²) in [7, 11) is 0. The van der Waals surface area contributed by atoms with E-state index in [0.717, 1.165) is 33.9 Å². The van der Waals surface area contributed by atoms with E-state index in [1.165, 1.54) is 3.57 Å². The van der Waals surface area contributed by atoms with E-state index in [1.807, 2.05) is 36.4 Å². The van der Waals surface area contributed by atoms with Gasteiger partial charge in [-0.15, -0.1) is 0 Å². The van der Waals surface area contributed by atoms with Crippen LogP contribution in [0.3, 0.4) is 0 Å². The molecule has 0 unspecified atom stereocenters. The molecule has 0 radical (unpaired) electrons. The Balaban J connectivity index is 1.90. The van der Waals surface area contributed by atoms with Crippen molar-refractivity contribution >= 4 is 34.2 Å². The maximum absolute atomic E-state index is 6.14. The van der Waals surface area contributed by atoms with Crippen LogP contribution in [0.25, 0.3) is 33.9 Å². The van der Waals surface area contributed by atoms with Crippen molar-refractivity contribution in [2.75, 3.05) is 0 Å². The highest BCUT2D eigenvalue weighted by Crippen LogP contribution is 2.33. The van der Waals surface area contributed by atoms with E-state index in [4.69, 9.17) is 16.6 Å². The molecule has 0 aliphatic rings. The van der Waals surface area contributed by atoms with Crippen LogP contribution in [-0.2, 0) is 0 Å². The van der Waals surface area contributed by atoms with E-state index in [-0.39, 0.29) is 0 Å². The second-order valence-corrected chi connectivity index (χ2v) is 7.24. The number of benzene rings is 2. The number of aromatic amines is 1. The van der Waals surface area contributed by atoms with Gasteiger partial charge in [-0.2, -0.15) is 0 Å². The van der Waals surface area contributed by atoms with Crippen molar-refractivity contribution in [2.45, 2.75) is 0 Å². The molecule has 4 rings (SSSR count). The topological polar surface area (TPSA) is 41.6 Å². The van der Waals surface area contributed by atoms with Crippen LogP contribution >= 0.6 is 34.2 Å². The van der Waals surface area contributed by atoms with Crippen LogP contribution in [0, 0.1) is 3.57 Å². The number of H-pyrrole nitrogens is 1. The Morgan fingerprint density at radius 1 is 0.840 bits per heavy atom. The minimum Gasteiger partial charge on any atom is -0.337 e. The van der Waals surface area contributed by atoms with Crippen LogP contribution in [0.4, 0.5) is 0 Å². The van der Waals surface area contributed by atoms with Crippen LogP contribution < -0.4 is 0 Å². The van der Waals surface area contributed by atoms with Crippen LogP contribution in [-0.4, -0.2) is 15.0 Å². The van der Waals surface area contributed by atoms with Gasteiger partial charge < -0.3 is 4.98 Å². The van der Waals surface area contributed by atoms with Crippen LogP contribution in [0.1, 0.15) is 0 Å². The third-order valence-electron chi connectivity index (χ3n) is 3.89. The summed E-state index contributed by atoms with van der Waals surface area (Å²) in [6, 6.07) is 20.0. The van der Waals surface area contributed by atoms with Gasteiger partial charge in [0, 0.05) is 37.7 Å². The second-order valence-electron chi connectivity index (χ2n) is 5.56. The lowest BCUT2D eigenvalue weighted by atomic mass is 10.1. The zero-order valence-corrected chi connectivity index (χ0v) is 16.0. The SMILES string of the molecule is Clc1cccc(-c2nc(-c3ccc(I)cc3)c(-c3ccncc3)[nH]2)c1. The maximum atomic E-state index is 6.14. The zero-order chi connectivity index (χ0) is 17.2. The fourth-order valence-corrected chi connectivity index (χ4v) is 3.24. The molecule has 3 nitrogen and oxygen atoms in total. The molecule has 2 aromatic heterocycles. The van der Waals surface area contributed by atoms with Crippen molar-refractivity contribution in [3.8, 4) is 33.9 Å². The monoisotopic (exact) mass is 457 g/mol. The average molecular weight is 458 g/mol. The number of rotatable bonds is 3. The summed E-state index contributed by atoms with van der Waals surface area (Å²) in [6.45, 7) is 0. The fraction of sp³-hybridized carbons (Fsp3) is 0. The molecule has 0 spiro atoms. The Morgan fingerprint density at radius 2 is 1.60 bits per heavy atom. The molecule has 0 atom stereocenters. The lowest BCUT2D eigenvalue weighted by Gasteiger charge is -2.03. The first-order valence-electron chi connectivity index (χ1n) is 7.73. The van der Waals surface area contributed by atoms with E-state index in [1.54, 1.807) is 12.4 Å². The first-order valence-corrected chi connectivity index (χ1v) is 9.19. The molecule has 25 heavy (non-hydrogen) atoms. The molecular formula is C20H13ClIN3. The van der Waals surface area contributed by atoms with Gasteiger partial charge in [0.15, 0.2) is 0 Å². The Labute approximate surface area is 164 Å². The summed E-state index contributed by atoms with van der Waals surface area (Å²) in [5.41, 5.74) is 4.96. The van der Waals surface area contributed by atoms with Gasteiger partial charge in [-0.1, -0.05) is 35.9 Å². The summed E-state index contributed by atoms with van der Waals surface area (Å²) in [4.78, 5) is 12.4. The average Bonchev–Trinajstić information content (AvgIpc) is 3.08. The maximum Gasteiger partial charge on any atom is 0.138 e. The predicted octanol–water partition coefficient (Wildman–Crippen LogP) is 6.06. The fourth-order valence-electron chi connectivity index (χ4n) is 2.69. The second kappa shape index (κ2) is 6.98. The first kappa shape index (κ1) is 16.3. The molecule has 122 valence electrons. The molecule has 0 fully saturated rings. The number of halogens is 2. The predicted molar refractivity (Wildman–Crippen MR) is 110 cm³/mol. The largest absolute Gasteiger partial charge is 0.337 e. The molecule has 0 saturated heterocycles. The van der Waals surface area contributed by atoms with Gasteiger partial charge in [0.1, 0.15) is 5.82 Å². The minimum absolute atomic E-state index is 0.690. The standard InChI is InChI=1S/C20H13ClIN3/c21-16-3-1-2-15(12-16)20-24-18(13-4-6-17(22)7-5-13)19(25-20)14-8-10-23-11-9-14/h1-12H,(H,24,25). The Morgan fingerprint density at radius 3 is 2.32 bits per heavy atom. The number of pyridine rings is 1. The molecule has 0 bridgehead atoms. The van der Waals surface area contributed by atoms with Crippen molar-refractivity contribution in [2.24, 2.45) is 0 Å².